The number of hydrogen-bond donors (Lipinski definition) is 1. The summed E-state index contributed by atoms with van der Waals surface area (Å²) in [6.45, 7) is 2.44. The number of rotatable bonds is 6. The Kier molecular flexibility index (Phi) is 5.17. The summed E-state index contributed by atoms with van der Waals surface area (Å²) in [6.07, 6.45) is -0.454. The van der Waals surface area contributed by atoms with Crippen LogP contribution in [0.25, 0.3) is 11.1 Å². The van der Waals surface area contributed by atoms with Crippen LogP contribution < -0.4 is 0 Å². The first-order valence-electron chi connectivity index (χ1n) is 9.43. The Morgan fingerprint density at radius 1 is 1.04 bits per heavy atom. The lowest BCUT2D eigenvalue weighted by Crippen LogP contribution is -2.34. The number of benzene rings is 2. The number of carbonyl (C=O) groups is 1. The van der Waals surface area contributed by atoms with E-state index in [1.54, 1.807) is 0 Å². The minimum absolute atomic E-state index is 0.0122. The molecule has 28 heavy (non-hydrogen) atoms. The van der Waals surface area contributed by atoms with Crippen molar-refractivity contribution in [1.29, 1.82) is 0 Å². The van der Waals surface area contributed by atoms with Crippen LogP contribution in [-0.4, -0.2) is 35.9 Å². The van der Waals surface area contributed by atoms with E-state index in [-0.39, 0.29) is 32.2 Å². The zero-order valence-electron chi connectivity index (χ0n) is 15.8. The number of fused-ring (bicyclic) bond motifs is 3. The summed E-state index contributed by atoms with van der Waals surface area (Å²) < 4.78 is 11.2. The highest BCUT2D eigenvalue weighted by Gasteiger charge is 2.29. The molecule has 0 aliphatic heterocycles. The molecule has 0 saturated carbocycles. The van der Waals surface area contributed by atoms with Gasteiger partial charge in [0.25, 0.3) is 0 Å². The second-order valence-electron chi connectivity index (χ2n) is 6.96. The van der Waals surface area contributed by atoms with Crippen molar-refractivity contribution in [3.63, 3.8) is 0 Å². The van der Waals surface area contributed by atoms with Crippen molar-refractivity contribution in [3.05, 3.63) is 83.3 Å². The van der Waals surface area contributed by atoms with Crippen molar-refractivity contribution in [2.24, 2.45) is 0 Å². The fourth-order valence-corrected chi connectivity index (χ4v) is 3.80. The predicted octanol–water partition coefficient (Wildman–Crippen LogP) is 4.33. The van der Waals surface area contributed by atoms with Gasteiger partial charge in [0.2, 0.25) is 0 Å². The lowest BCUT2D eigenvalue weighted by atomic mass is 9.98. The Morgan fingerprint density at radius 2 is 1.68 bits per heavy atom. The molecule has 5 nitrogen and oxygen atoms in total. The maximum Gasteiger partial charge on any atom is 0.410 e. The summed E-state index contributed by atoms with van der Waals surface area (Å²) in [7, 11) is 0. The van der Waals surface area contributed by atoms with Crippen LogP contribution in [0.4, 0.5) is 4.79 Å². The summed E-state index contributed by atoms with van der Waals surface area (Å²) in [6, 6.07) is 20.1. The Labute approximate surface area is 164 Å². The number of aliphatic hydroxyl groups is 1. The molecule has 0 fully saturated rings. The quantitative estimate of drug-likeness (QED) is 0.694. The molecule has 1 aromatic heterocycles. The molecule has 5 heteroatoms. The smallest absolute Gasteiger partial charge is 0.410 e. The standard InChI is InChI=1S/C23H23NO4/c1-16-10-11-17(28-16)14-24(12-13-25)23(26)27-15-22-20-8-4-2-6-18(20)19-7-3-5-9-21(19)22/h2-11,22,25H,12-15H2,1H3. The third-order valence-electron chi connectivity index (χ3n) is 5.11. The summed E-state index contributed by atoms with van der Waals surface area (Å²) in [5.74, 6) is 1.46. The molecule has 1 N–H and O–H groups in total. The lowest BCUT2D eigenvalue weighted by molar-refractivity contribution is 0.0864. The predicted molar refractivity (Wildman–Crippen MR) is 106 cm³/mol. The van der Waals surface area contributed by atoms with Crippen molar-refractivity contribution in [1.82, 2.24) is 4.90 Å². The van der Waals surface area contributed by atoms with E-state index in [0.29, 0.717) is 5.76 Å². The van der Waals surface area contributed by atoms with Gasteiger partial charge in [-0.05, 0) is 41.3 Å². The molecule has 1 aliphatic carbocycles. The van der Waals surface area contributed by atoms with Gasteiger partial charge in [-0.2, -0.15) is 0 Å². The van der Waals surface area contributed by atoms with Crippen LogP contribution in [0.5, 0.6) is 0 Å². The van der Waals surface area contributed by atoms with Crippen molar-refractivity contribution in [2.75, 3.05) is 19.8 Å². The summed E-state index contributed by atoms with van der Waals surface area (Å²) in [4.78, 5) is 14.1. The van der Waals surface area contributed by atoms with Gasteiger partial charge in [0.15, 0.2) is 0 Å². The molecule has 0 spiro atoms. The van der Waals surface area contributed by atoms with Crippen LogP contribution >= 0.6 is 0 Å². The highest BCUT2D eigenvalue weighted by molar-refractivity contribution is 5.79. The maximum absolute atomic E-state index is 12.7. The molecule has 0 atom stereocenters. The molecule has 1 aliphatic rings. The molecule has 0 unspecified atom stereocenters. The van der Waals surface area contributed by atoms with Gasteiger partial charge in [-0.15, -0.1) is 0 Å². The van der Waals surface area contributed by atoms with E-state index in [1.165, 1.54) is 27.2 Å². The number of nitrogens with zero attached hydrogens (tertiary/aromatic N) is 1. The fourth-order valence-electron chi connectivity index (χ4n) is 3.80. The average Bonchev–Trinajstić information content (AvgIpc) is 3.27. The summed E-state index contributed by atoms with van der Waals surface area (Å²) >= 11 is 0. The topological polar surface area (TPSA) is 62.9 Å². The number of ether oxygens (including phenoxy) is 1. The highest BCUT2D eigenvalue weighted by Crippen LogP contribution is 2.44. The summed E-state index contributed by atoms with van der Waals surface area (Å²) in [5.41, 5.74) is 4.73. The van der Waals surface area contributed by atoms with Crippen LogP contribution in [0.2, 0.25) is 0 Å². The lowest BCUT2D eigenvalue weighted by Gasteiger charge is -2.22. The molecule has 0 radical (unpaired) electrons. The number of carbonyl (C=O) groups excluding carboxylic acids is 1. The van der Waals surface area contributed by atoms with Gasteiger partial charge in [-0.1, -0.05) is 48.5 Å². The van der Waals surface area contributed by atoms with Crippen molar-refractivity contribution >= 4 is 6.09 Å². The molecule has 4 rings (SSSR count). The SMILES string of the molecule is Cc1ccc(CN(CCO)C(=O)OCC2c3ccccc3-c3ccccc32)o1. The first-order valence-corrected chi connectivity index (χ1v) is 9.43. The molecular weight excluding hydrogens is 354 g/mol. The van der Waals surface area contributed by atoms with Crippen LogP contribution in [0, 0.1) is 6.92 Å². The zero-order valence-corrected chi connectivity index (χ0v) is 15.8. The van der Waals surface area contributed by atoms with E-state index in [0.717, 1.165) is 5.76 Å². The van der Waals surface area contributed by atoms with Crippen molar-refractivity contribution in [2.45, 2.75) is 19.4 Å². The third kappa shape index (κ3) is 3.53. The zero-order chi connectivity index (χ0) is 19.5. The molecule has 2 aromatic carbocycles. The van der Waals surface area contributed by atoms with E-state index < -0.39 is 6.09 Å². The molecule has 144 valence electrons. The molecule has 1 amide bonds. The molecule has 0 bridgehead atoms. The number of furan rings is 1. The van der Waals surface area contributed by atoms with Crippen LogP contribution in [-0.2, 0) is 11.3 Å². The number of hydrogen-bond acceptors (Lipinski definition) is 4. The van der Waals surface area contributed by atoms with Gasteiger partial charge in [-0.3, -0.25) is 4.90 Å². The Hall–Kier alpha value is -3.05. The fraction of sp³-hybridized carbons (Fsp3) is 0.261. The Morgan fingerprint density at radius 3 is 2.25 bits per heavy atom. The minimum Gasteiger partial charge on any atom is -0.464 e. The van der Waals surface area contributed by atoms with Gasteiger partial charge in [0, 0.05) is 12.5 Å². The van der Waals surface area contributed by atoms with Gasteiger partial charge in [0.05, 0.1) is 13.2 Å². The van der Waals surface area contributed by atoms with Gasteiger partial charge in [-0.25, -0.2) is 4.79 Å². The normalized spacial score (nSPS) is 12.5. The molecule has 3 aromatic rings. The maximum atomic E-state index is 12.7. The molecular formula is C23H23NO4. The second-order valence-corrected chi connectivity index (χ2v) is 6.96. The number of aliphatic hydroxyl groups excluding tert-OH is 1. The number of amides is 1. The van der Waals surface area contributed by atoms with E-state index in [9.17, 15) is 9.90 Å². The monoisotopic (exact) mass is 377 g/mol. The van der Waals surface area contributed by atoms with Gasteiger partial charge in [0.1, 0.15) is 18.1 Å². The average molecular weight is 377 g/mol. The largest absolute Gasteiger partial charge is 0.464 e. The molecule has 1 heterocycles. The Balaban J connectivity index is 1.49. The van der Waals surface area contributed by atoms with Gasteiger partial charge < -0.3 is 14.3 Å². The van der Waals surface area contributed by atoms with Crippen molar-refractivity contribution < 1.29 is 19.1 Å². The summed E-state index contributed by atoms with van der Waals surface area (Å²) in [5, 5.41) is 9.33. The third-order valence-corrected chi connectivity index (χ3v) is 5.11. The Bertz CT molecular complexity index is 932. The first-order chi connectivity index (χ1) is 13.7. The van der Waals surface area contributed by atoms with Crippen molar-refractivity contribution in [3.8, 4) is 11.1 Å². The molecule has 0 saturated heterocycles. The van der Waals surface area contributed by atoms with E-state index >= 15 is 0 Å². The minimum atomic E-state index is -0.454. The van der Waals surface area contributed by atoms with E-state index in [4.69, 9.17) is 9.15 Å². The van der Waals surface area contributed by atoms with E-state index in [1.807, 2.05) is 43.3 Å². The van der Waals surface area contributed by atoms with Crippen LogP contribution in [0.3, 0.4) is 0 Å². The number of aryl methyl sites for hydroxylation is 1. The van der Waals surface area contributed by atoms with Crippen LogP contribution in [0.1, 0.15) is 28.6 Å². The first kappa shape index (κ1) is 18.3. The van der Waals surface area contributed by atoms with Crippen LogP contribution in [0.15, 0.2) is 65.1 Å². The highest BCUT2D eigenvalue weighted by atomic mass is 16.6. The van der Waals surface area contributed by atoms with Gasteiger partial charge >= 0.3 is 6.09 Å². The van der Waals surface area contributed by atoms with E-state index in [2.05, 4.69) is 24.3 Å². The second kappa shape index (κ2) is 7.90.